The lowest BCUT2D eigenvalue weighted by molar-refractivity contribution is -0.121. The van der Waals surface area contributed by atoms with Crippen molar-refractivity contribution in [1.82, 2.24) is 4.90 Å². The third-order valence-electron chi connectivity index (χ3n) is 4.08. The second kappa shape index (κ2) is 8.16. The van der Waals surface area contributed by atoms with Gasteiger partial charge in [0.05, 0.1) is 16.0 Å². The van der Waals surface area contributed by atoms with Crippen LogP contribution >= 0.6 is 23.4 Å². The maximum atomic E-state index is 14.6. The Morgan fingerprint density at radius 2 is 1.93 bits per heavy atom. The highest BCUT2D eigenvalue weighted by Gasteiger charge is 2.43. The lowest BCUT2D eigenvalue weighted by Gasteiger charge is -2.37. The van der Waals surface area contributed by atoms with Gasteiger partial charge in [0.15, 0.2) is 0 Å². The topological polar surface area (TPSA) is 40.6 Å². The number of halogens is 5. The van der Waals surface area contributed by atoms with Crippen LogP contribution in [0.15, 0.2) is 40.7 Å². The third-order valence-corrected chi connectivity index (χ3v) is 5.78. The number of carbonyl (C=O) groups excluding carboxylic acids is 2. The molecule has 28 heavy (non-hydrogen) atoms. The van der Waals surface area contributed by atoms with Gasteiger partial charge in [0.25, 0.3) is 5.91 Å². The van der Waals surface area contributed by atoms with Crippen molar-refractivity contribution in [3.05, 3.63) is 46.6 Å². The van der Waals surface area contributed by atoms with Crippen LogP contribution in [0, 0.1) is 5.82 Å². The molecule has 0 radical (unpaired) electrons. The molecule has 0 aromatic heterocycles. The standard InChI is InChI=1S/C18H17ClF4N2O2S/c1-5-16-24(4)15(18(21,22)23)8-17(27)25(16)13-7-14(11(19)6-12(13)20)28-10(3)9(2)26/h5-8,10H,1-4H3/b16-5+. The first kappa shape index (κ1) is 22.3. The molecule has 10 heteroatoms. The highest BCUT2D eigenvalue weighted by atomic mass is 35.5. The number of hydrogen-bond acceptors (Lipinski definition) is 4. The number of thioether (sulfide) groups is 1. The van der Waals surface area contributed by atoms with Crippen LogP contribution in [0.3, 0.4) is 0 Å². The van der Waals surface area contributed by atoms with E-state index in [0.29, 0.717) is 11.0 Å². The van der Waals surface area contributed by atoms with Crippen molar-refractivity contribution in [1.29, 1.82) is 0 Å². The van der Waals surface area contributed by atoms with Crippen molar-refractivity contribution in [3.63, 3.8) is 0 Å². The number of amides is 1. The van der Waals surface area contributed by atoms with Crippen molar-refractivity contribution >= 4 is 40.7 Å². The summed E-state index contributed by atoms with van der Waals surface area (Å²) in [6.45, 7) is 4.47. The fourth-order valence-corrected chi connectivity index (χ4v) is 3.74. The van der Waals surface area contributed by atoms with E-state index < -0.39 is 28.8 Å². The molecule has 1 atom stereocenters. The highest BCUT2D eigenvalue weighted by Crippen LogP contribution is 2.40. The number of carbonyl (C=O) groups is 2. The molecule has 0 aliphatic carbocycles. The number of rotatable bonds is 4. The van der Waals surface area contributed by atoms with Crippen LogP contribution in [0.2, 0.25) is 5.02 Å². The van der Waals surface area contributed by atoms with Crippen molar-refractivity contribution < 1.29 is 27.2 Å². The van der Waals surface area contributed by atoms with Gasteiger partial charge in [0.1, 0.15) is 23.1 Å². The summed E-state index contributed by atoms with van der Waals surface area (Å²) in [6.07, 6.45) is -3.07. The number of allylic oxidation sites excluding steroid dienone is 2. The Morgan fingerprint density at radius 1 is 1.32 bits per heavy atom. The fourth-order valence-electron chi connectivity index (χ4n) is 2.56. The van der Waals surface area contributed by atoms with E-state index in [-0.39, 0.29) is 22.3 Å². The number of alkyl halides is 3. The Bertz CT molecular complexity index is 883. The van der Waals surface area contributed by atoms with Crippen molar-refractivity contribution in [2.45, 2.75) is 37.1 Å². The van der Waals surface area contributed by atoms with Crippen LogP contribution in [0.25, 0.3) is 0 Å². The first-order valence-electron chi connectivity index (χ1n) is 8.07. The van der Waals surface area contributed by atoms with E-state index in [1.54, 1.807) is 6.92 Å². The minimum Gasteiger partial charge on any atom is -0.327 e. The Labute approximate surface area is 168 Å². The molecule has 1 aliphatic rings. The summed E-state index contributed by atoms with van der Waals surface area (Å²) in [5.74, 6) is -2.21. The van der Waals surface area contributed by atoms with Gasteiger partial charge in [-0.2, -0.15) is 13.2 Å². The molecular weight excluding hydrogens is 420 g/mol. The Kier molecular flexibility index (Phi) is 6.50. The summed E-state index contributed by atoms with van der Waals surface area (Å²) in [4.78, 5) is 25.9. The van der Waals surface area contributed by atoms with E-state index in [0.717, 1.165) is 34.7 Å². The van der Waals surface area contributed by atoms with Gasteiger partial charge in [0.2, 0.25) is 0 Å². The van der Waals surface area contributed by atoms with Gasteiger partial charge in [-0.3, -0.25) is 14.5 Å². The molecule has 0 N–H and O–H groups in total. The SMILES string of the molecule is C/C=C1\N(C)C(C(F)(F)F)=CC(=O)N1c1cc(SC(C)C(C)=O)c(Cl)cc1F. The Balaban J connectivity index is 2.58. The Hall–Kier alpha value is -2.00. The molecule has 0 saturated carbocycles. The van der Waals surface area contributed by atoms with Crippen LogP contribution < -0.4 is 4.90 Å². The quantitative estimate of drug-likeness (QED) is 0.484. The van der Waals surface area contributed by atoms with E-state index >= 15 is 0 Å². The van der Waals surface area contributed by atoms with E-state index in [9.17, 15) is 27.2 Å². The lowest BCUT2D eigenvalue weighted by Crippen LogP contribution is -2.44. The molecular formula is C18H17ClF4N2O2S. The predicted molar refractivity (Wildman–Crippen MR) is 101 cm³/mol. The molecule has 0 spiro atoms. The predicted octanol–water partition coefficient (Wildman–Crippen LogP) is 5.13. The average Bonchev–Trinajstić information content (AvgIpc) is 2.57. The van der Waals surface area contributed by atoms with E-state index in [4.69, 9.17) is 11.6 Å². The molecule has 0 bridgehead atoms. The fraction of sp³-hybridized carbons (Fsp3) is 0.333. The van der Waals surface area contributed by atoms with Gasteiger partial charge in [0, 0.05) is 18.0 Å². The Morgan fingerprint density at radius 3 is 2.43 bits per heavy atom. The molecule has 2 rings (SSSR count). The van der Waals surface area contributed by atoms with Crippen LogP contribution in [-0.4, -0.2) is 35.1 Å². The maximum absolute atomic E-state index is 14.6. The second-order valence-electron chi connectivity index (χ2n) is 6.01. The average molecular weight is 437 g/mol. The molecule has 152 valence electrons. The van der Waals surface area contributed by atoms with Crippen molar-refractivity contribution in [2.75, 3.05) is 11.9 Å². The smallest absolute Gasteiger partial charge is 0.327 e. The van der Waals surface area contributed by atoms with Crippen LogP contribution in [0.4, 0.5) is 23.2 Å². The maximum Gasteiger partial charge on any atom is 0.431 e. The summed E-state index contributed by atoms with van der Waals surface area (Å²) in [6, 6.07) is 2.22. The zero-order chi connectivity index (χ0) is 21.4. The number of hydrogen-bond donors (Lipinski definition) is 0. The number of benzene rings is 1. The molecule has 1 aromatic rings. The number of anilines is 1. The van der Waals surface area contributed by atoms with Crippen LogP contribution in [0.1, 0.15) is 20.8 Å². The molecule has 1 heterocycles. The lowest BCUT2D eigenvalue weighted by atomic mass is 10.2. The summed E-state index contributed by atoms with van der Waals surface area (Å²) < 4.78 is 54.2. The van der Waals surface area contributed by atoms with Gasteiger partial charge in [-0.1, -0.05) is 11.6 Å². The summed E-state index contributed by atoms with van der Waals surface area (Å²) in [7, 11) is 1.13. The minimum absolute atomic E-state index is 0.0331. The van der Waals surface area contributed by atoms with E-state index in [1.165, 1.54) is 26.0 Å². The van der Waals surface area contributed by atoms with E-state index in [1.807, 2.05) is 0 Å². The summed E-state index contributed by atoms with van der Waals surface area (Å²) in [5.41, 5.74) is -1.42. The van der Waals surface area contributed by atoms with Gasteiger partial charge in [-0.25, -0.2) is 4.39 Å². The first-order chi connectivity index (χ1) is 12.9. The second-order valence-corrected chi connectivity index (χ2v) is 7.80. The molecule has 0 saturated heterocycles. The monoisotopic (exact) mass is 436 g/mol. The van der Waals surface area contributed by atoms with Gasteiger partial charge < -0.3 is 4.90 Å². The summed E-state index contributed by atoms with van der Waals surface area (Å²) in [5, 5.41) is -0.445. The molecule has 0 fully saturated rings. The number of Topliss-reactive ketones (excluding diaryl/α,β-unsaturated/α-hetero) is 1. The highest BCUT2D eigenvalue weighted by molar-refractivity contribution is 8.00. The minimum atomic E-state index is -4.75. The van der Waals surface area contributed by atoms with Crippen LogP contribution in [-0.2, 0) is 9.59 Å². The normalized spacial score (nSPS) is 17.8. The number of ketones is 1. The molecule has 4 nitrogen and oxygen atoms in total. The van der Waals surface area contributed by atoms with Crippen molar-refractivity contribution in [3.8, 4) is 0 Å². The van der Waals surface area contributed by atoms with E-state index in [2.05, 4.69) is 0 Å². The molecule has 1 amide bonds. The molecule has 1 unspecified atom stereocenters. The molecule has 1 aliphatic heterocycles. The van der Waals surface area contributed by atoms with Gasteiger partial charge in [-0.05, 0) is 39.0 Å². The molecule has 1 aromatic carbocycles. The summed E-state index contributed by atoms with van der Waals surface area (Å²) >= 11 is 7.11. The largest absolute Gasteiger partial charge is 0.431 e. The zero-order valence-electron chi connectivity index (χ0n) is 15.4. The van der Waals surface area contributed by atoms with Crippen LogP contribution in [0.5, 0.6) is 0 Å². The third kappa shape index (κ3) is 4.35. The first-order valence-corrected chi connectivity index (χ1v) is 9.33. The number of nitrogens with zero attached hydrogens (tertiary/aromatic N) is 2. The van der Waals surface area contributed by atoms with Gasteiger partial charge in [-0.15, -0.1) is 11.8 Å². The van der Waals surface area contributed by atoms with Crippen molar-refractivity contribution in [2.24, 2.45) is 0 Å². The van der Waals surface area contributed by atoms with Gasteiger partial charge >= 0.3 is 6.18 Å². The zero-order valence-corrected chi connectivity index (χ0v) is 17.0.